The second-order valence-electron chi connectivity index (χ2n) is 3.56. The molecule has 0 atom stereocenters. The fraction of sp³-hybridized carbons (Fsp3) is 0.538. The predicted molar refractivity (Wildman–Crippen MR) is 63.7 cm³/mol. The molecule has 0 radical (unpaired) electrons. The second kappa shape index (κ2) is 9.19. The molecule has 0 amide bonds. The van der Waals surface area contributed by atoms with Crippen molar-refractivity contribution in [2.75, 3.05) is 26.4 Å². The minimum absolute atomic E-state index is 0.205. The van der Waals surface area contributed by atoms with Crippen LogP contribution < -0.4 is 4.74 Å². The Morgan fingerprint density at radius 3 is 2.31 bits per heavy atom. The molecule has 16 heavy (non-hydrogen) atoms. The highest BCUT2D eigenvalue weighted by molar-refractivity contribution is 5.20. The highest BCUT2D eigenvalue weighted by atomic mass is 16.5. The molecule has 0 fully saturated rings. The van der Waals surface area contributed by atoms with Gasteiger partial charge in [0, 0.05) is 19.8 Å². The Labute approximate surface area is 97.0 Å². The van der Waals surface area contributed by atoms with Gasteiger partial charge in [0.05, 0.1) is 6.61 Å². The Morgan fingerprint density at radius 1 is 0.875 bits per heavy atom. The molecule has 1 N–H and O–H groups in total. The third-order valence-electron chi connectivity index (χ3n) is 2.14. The van der Waals surface area contributed by atoms with Crippen LogP contribution in [0.5, 0.6) is 5.75 Å². The number of hydrogen-bond acceptors (Lipinski definition) is 3. The third kappa shape index (κ3) is 6.43. The first-order valence-electron chi connectivity index (χ1n) is 5.80. The van der Waals surface area contributed by atoms with Crippen LogP contribution in [-0.4, -0.2) is 31.5 Å². The van der Waals surface area contributed by atoms with Gasteiger partial charge < -0.3 is 14.6 Å². The number of ether oxygens (including phenoxy) is 2. The molecule has 0 unspecified atom stereocenters. The number of para-hydroxylation sites is 1. The van der Waals surface area contributed by atoms with Crippen molar-refractivity contribution in [2.45, 2.75) is 19.3 Å². The van der Waals surface area contributed by atoms with E-state index >= 15 is 0 Å². The van der Waals surface area contributed by atoms with Gasteiger partial charge >= 0.3 is 0 Å². The Hall–Kier alpha value is -1.06. The van der Waals surface area contributed by atoms with Crippen LogP contribution in [0.1, 0.15) is 19.3 Å². The largest absolute Gasteiger partial charge is 0.494 e. The van der Waals surface area contributed by atoms with Gasteiger partial charge in [-0.05, 0) is 31.4 Å². The van der Waals surface area contributed by atoms with Gasteiger partial charge in [0.2, 0.25) is 0 Å². The van der Waals surface area contributed by atoms with Crippen LogP contribution >= 0.6 is 0 Å². The molecule has 0 bridgehead atoms. The van der Waals surface area contributed by atoms with Crippen LogP contribution in [0.4, 0.5) is 0 Å². The van der Waals surface area contributed by atoms with E-state index in [1.807, 2.05) is 30.3 Å². The maximum atomic E-state index is 8.53. The Morgan fingerprint density at radius 2 is 1.56 bits per heavy atom. The van der Waals surface area contributed by atoms with Crippen molar-refractivity contribution < 1.29 is 14.6 Å². The molecular formula is C13H20O3. The molecule has 1 aromatic carbocycles. The molecule has 0 aliphatic heterocycles. The summed E-state index contributed by atoms with van der Waals surface area (Å²) < 4.78 is 10.8. The lowest BCUT2D eigenvalue weighted by atomic mass is 10.3. The number of aliphatic hydroxyl groups is 1. The monoisotopic (exact) mass is 224 g/mol. The summed E-state index contributed by atoms with van der Waals surface area (Å²) in [7, 11) is 0. The highest BCUT2D eigenvalue weighted by Crippen LogP contribution is 2.08. The lowest BCUT2D eigenvalue weighted by Crippen LogP contribution is -2.02. The van der Waals surface area contributed by atoms with Crippen molar-refractivity contribution in [3.8, 4) is 5.75 Å². The van der Waals surface area contributed by atoms with Crippen molar-refractivity contribution in [1.82, 2.24) is 0 Å². The lowest BCUT2D eigenvalue weighted by Gasteiger charge is -2.06. The second-order valence-corrected chi connectivity index (χ2v) is 3.56. The normalized spacial score (nSPS) is 10.3. The molecule has 90 valence electrons. The molecule has 0 aliphatic carbocycles. The van der Waals surface area contributed by atoms with E-state index in [9.17, 15) is 0 Å². The molecule has 0 aliphatic rings. The number of unbranched alkanes of at least 4 members (excludes halogenated alkanes) is 1. The first kappa shape index (κ1) is 13.0. The van der Waals surface area contributed by atoms with E-state index < -0.39 is 0 Å². The molecule has 3 nitrogen and oxygen atoms in total. The minimum atomic E-state index is 0.205. The fourth-order valence-electron chi connectivity index (χ4n) is 1.28. The molecule has 0 spiro atoms. The maximum Gasteiger partial charge on any atom is 0.119 e. The van der Waals surface area contributed by atoms with E-state index in [1.54, 1.807) is 0 Å². The summed E-state index contributed by atoms with van der Waals surface area (Å²) in [5, 5.41) is 8.53. The van der Waals surface area contributed by atoms with E-state index in [2.05, 4.69) is 0 Å². The fourth-order valence-corrected chi connectivity index (χ4v) is 1.28. The molecular weight excluding hydrogens is 204 g/mol. The van der Waals surface area contributed by atoms with Gasteiger partial charge in [0.25, 0.3) is 0 Å². The summed E-state index contributed by atoms with van der Waals surface area (Å²) in [4.78, 5) is 0. The summed E-state index contributed by atoms with van der Waals surface area (Å²) in [5.74, 6) is 0.920. The van der Waals surface area contributed by atoms with Gasteiger partial charge in [-0.1, -0.05) is 18.2 Å². The number of hydrogen-bond donors (Lipinski definition) is 1. The smallest absolute Gasteiger partial charge is 0.119 e. The van der Waals surface area contributed by atoms with Crippen LogP contribution in [0.15, 0.2) is 30.3 Å². The zero-order chi connectivity index (χ0) is 11.5. The van der Waals surface area contributed by atoms with Crippen molar-refractivity contribution in [2.24, 2.45) is 0 Å². The molecule has 0 heterocycles. The average Bonchev–Trinajstić information content (AvgIpc) is 2.34. The van der Waals surface area contributed by atoms with Crippen LogP contribution in [0.2, 0.25) is 0 Å². The van der Waals surface area contributed by atoms with Gasteiger partial charge in [-0.25, -0.2) is 0 Å². The minimum Gasteiger partial charge on any atom is -0.494 e. The van der Waals surface area contributed by atoms with Crippen molar-refractivity contribution in [1.29, 1.82) is 0 Å². The predicted octanol–water partition coefficient (Wildman–Crippen LogP) is 2.24. The maximum absolute atomic E-state index is 8.53. The Kier molecular flexibility index (Phi) is 7.47. The average molecular weight is 224 g/mol. The molecule has 0 aromatic heterocycles. The number of rotatable bonds is 9. The van der Waals surface area contributed by atoms with E-state index in [4.69, 9.17) is 14.6 Å². The van der Waals surface area contributed by atoms with E-state index in [-0.39, 0.29) is 6.61 Å². The van der Waals surface area contributed by atoms with Gasteiger partial charge in [0.1, 0.15) is 5.75 Å². The topological polar surface area (TPSA) is 38.7 Å². The van der Waals surface area contributed by atoms with Crippen LogP contribution in [0, 0.1) is 0 Å². The lowest BCUT2D eigenvalue weighted by molar-refractivity contribution is 0.110. The number of benzene rings is 1. The SMILES string of the molecule is OCCCOCCCCOc1ccccc1. The van der Waals surface area contributed by atoms with E-state index in [0.29, 0.717) is 6.61 Å². The summed E-state index contributed by atoms with van der Waals surface area (Å²) in [6.07, 6.45) is 2.72. The van der Waals surface area contributed by atoms with Crippen molar-refractivity contribution in [3.63, 3.8) is 0 Å². The molecule has 0 saturated carbocycles. The Bertz CT molecular complexity index is 249. The first-order valence-corrected chi connectivity index (χ1v) is 5.80. The highest BCUT2D eigenvalue weighted by Gasteiger charge is 1.92. The van der Waals surface area contributed by atoms with Crippen LogP contribution in [0.25, 0.3) is 0 Å². The van der Waals surface area contributed by atoms with E-state index in [1.165, 1.54) is 0 Å². The molecule has 1 aromatic rings. The zero-order valence-electron chi connectivity index (χ0n) is 9.60. The zero-order valence-corrected chi connectivity index (χ0v) is 9.60. The molecule has 3 heteroatoms. The number of aliphatic hydroxyl groups excluding tert-OH is 1. The van der Waals surface area contributed by atoms with Crippen molar-refractivity contribution in [3.05, 3.63) is 30.3 Å². The van der Waals surface area contributed by atoms with E-state index in [0.717, 1.165) is 38.2 Å². The van der Waals surface area contributed by atoms with Gasteiger partial charge in [-0.15, -0.1) is 0 Å². The van der Waals surface area contributed by atoms with Crippen LogP contribution in [-0.2, 0) is 4.74 Å². The standard InChI is InChI=1S/C13H20O3/c14-9-6-11-15-10-4-5-12-16-13-7-2-1-3-8-13/h1-3,7-8,14H,4-6,9-12H2. The van der Waals surface area contributed by atoms with Gasteiger partial charge in [-0.2, -0.15) is 0 Å². The summed E-state index contributed by atoms with van der Waals surface area (Å²) in [6.45, 7) is 2.33. The summed E-state index contributed by atoms with van der Waals surface area (Å²) in [5.41, 5.74) is 0. The van der Waals surface area contributed by atoms with Crippen LogP contribution in [0.3, 0.4) is 0 Å². The van der Waals surface area contributed by atoms with Crippen molar-refractivity contribution >= 4 is 0 Å². The quantitative estimate of drug-likeness (QED) is 0.654. The molecule has 0 saturated heterocycles. The molecule has 1 rings (SSSR count). The first-order chi connectivity index (χ1) is 7.93. The summed E-state index contributed by atoms with van der Waals surface area (Å²) in [6, 6.07) is 9.82. The summed E-state index contributed by atoms with van der Waals surface area (Å²) >= 11 is 0. The van der Waals surface area contributed by atoms with Gasteiger partial charge in [0.15, 0.2) is 0 Å². The Balaban J connectivity index is 1.89. The van der Waals surface area contributed by atoms with Gasteiger partial charge in [-0.3, -0.25) is 0 Å². The third-order valence-corrected chi connectivity index (χ3v) is 2.14.